The Morgan fingerprint density at radius 3 is 2.05 bits per heavy atom. The van der Waals surface area contributed by atoms with Crippen LogP contribution >= 0.6 is 11.6 Å². The summed E-state index contributed by atoms with van der Waals surface area (Å²) in [6.07, 6.45) is 6.30. The lowest BCUT2D eigenvalue weighted by atomic mass is 9.87. The van der Waals surface area contributed by atoms with E-state index in [4.69, 9.17) is 17.3 Å². The van der Waals surface area contributed by atoms with Crippen molar-refractivity contribution in [1.82, 2.24) is 4.90 Å². The molecule has 0 heterocycles. The van der Waals surface area contributed by atoms with Gasteiger partial charge in [0.2, 0.25) is 0 Å². The van der Waals surface area contributed by atoms with Gasteiger partial charge in [-0.25, -0.2) is 0 Å². The van der Waals surface area contributed by atoms with E-state index in [2.05, 4.69) is 24.6 Å². The summed E-state index contributed by atoms with van der Waals surface area (Å²) in [5, 5.41) is 0.712. The first kappa shape index (κ1) is 16.7. The molecular formula is C17H23ClN2. The molecule has 0 aliphatic heterocycles. The summed E-state index contributed by atoms with van der Waals surface area (Å²) < 4.78 is 0. The van der Waals surface area contributed by atoms with E-state index in [1.165, 1.54) is 0 Å². The van der Waals surface area contributed by atoms with Crippen molar-refractivity contribution >= 4 is 11.6 Å². The van der Waals surface area contributed by atoms with Crippen LogP contribution in [0.25, 0.3) is 0 Å². The minimum Gasteiger partial charge on any atom is -0.320 e. The lowest BCUT2D eigenvalue weighted by Crippen LogP contribution is -2.47. The number of nitrogens with zero attached hydrogens (tertiary/aromatic N) is 1. The average molecular weight is 291 g/mol. The van der Waals surface area contributed by atoms with E-state index in [0.29, 0.717) is 18.0 Å². The van der Waals surface area contributed by atoms with Gasteiger partial charge in [0.1, 0.15) is 0 Å². The van der Waals surface area contributed by atoms with Crippen LogP contribution in [0.2, 0.25) is 5.02 Å². The summed E-state index contributed by atoms with van der Waals surface area (Å²) in [7, 11) is 0. The third-order valence-corrected chi connectivity index (χ3v) is 3.46. The minimum absolute atomic E-state index is 0.488. The van der Waals surface area contributed by atoms with Gasteiger partial charge in [-0.05, 0) is 24.1 Å². The first-order valence-corrected chi connectivity index (χ1v) is 7.03. The lowest BCUT2D eigenvalue weighted by Gasteiger charge is -2.34. The number of hydrogen-bond donors (Lipinski definition) is 1. The predicted octanol–water partition coefficient (Wildman–Crippen LogP) is 3.74. The number of nitrogens with two attached hydrogens (primary N) is 1. The molecule has 3 heteroatoms. The first-order chi connectivity index (χ1) is 9.55. The van der Waals surface area contributed by atoms with Crippen molar-refractivity contribution in [1.29, 1.82) is 0 Å². The van der Waals surface area contributed by atoms with E-state index < -0.39 is 5.54 Å². The van der Waals surface area contributed by atoms with Crippen LogP contribution in [-0.4, -0.2) is 24.5 Å². The molecule has 0 aliphatic carbocycles. The van der Waals surface area contributed by atoms with E-state index in [1.54, 1.807) is 0 Å². The molecular weight excluding hydrogens is 268 g/mol. The summed E-state index contributed by atoms with van der Waals surface area (Å²) >= 11 is 5.95. The zero-order valence-corrected chi connectivity index (χ0v) is 12.6. The molecule has 1 atom stereocenters. The summed E-state index contributed by atoms with van der Waals surface area (Å²) in [6, 6.07) is 7.69. The molecule has 1 rings (SSSR count). The van der Waals surface area contributed by atoms with E-state index in [9.17, 15) is 0 Å². The zero-order valence-electron chi connectivity index (χ0n) is 11.9. The fraction of sp³-hybridized carbons (Fsp3) is 0.294. The molecule has 0 saturated heterocycles. The zero-order chi connectivity index (χ0) is 15.0. The van der Waals surface area contributed by atoms with Gasteiger partial charge >= 0.3 is 0 Å². The predicted molar refractivity (Wildman–Crippen MR) is 89.0 cm³/mol. The average Bonchev–Trinajstić information content (AvgIpc) is 2.40. The summed E-state index contributed by atoms with van der Waals surface area (Å²) in [6.45, 7) is 13.7. The maximum absolute atomic E-state index is 6.62. The number of hydrogen-bond acceptors (Lipinski definition) is 2. The Labute approximate surface area is 127 Å². The van der Waals surface area contributed by atoms with Gasteiger partial charge in [0, 0.05) is 24.7 Å². The van der Waals surface area contributed by atoms with Crippen molar-refractivity contribution in [3.05, 3.63) is 72.8 Å². The molecule has 0 radical (unpaired) electrons. The van der Waals surface area contributed by atoms with Crippen LogP contribution in [0.1, 0.15) is 12.0 Å². The minimum atomic E-state index is -0.488. The van der Waals surface area contributed by atoms with Gasteiger partial charge in [-0.3, -0.25) is 4.90 Å². The molecule has 0 aliphatic rings. The Bertz CT molecular complexity index is 443. The molecule has 0 amide bonds. The quantitative estimate of drug-likeness (QED) is 0.702. The van der Waals surface area contributed by atoms with Crippen molar-refractivity contribution in [2.24, 2.45) is 5.73 Å². The second-order valence-corrected chi connectivity index (χ2v) is 5.36. The molecule has 0 aromatic heterocycles. The normalized spacial score (nSPS) is 13.8. The second-order valence-electron chi connectivity index (χ2n) is 4.93. The standard InChI is InChI=1S/C17H23ClN2/c1-4-11-17(19,14-20(12-5-2)13-6-3)15-7-9-16(18)10-8-15/h4-10H,1-3,11-14,19H2. The second kappa shape index (κ2) is 8.05. The SMILES string of the molecule is C=CCN(CC=C)CC(N)(CC=C)c1ccc(Cl)cc1. The van der Waals surface area contributed by atoms with E-state index in [1.807, 2.05) is 42.5 Å². The molecule has 0 bridgehead atoms. The Hall–Kier alpha value is -1.35. The van der Waals surface area contributed by atoms with Crippen molar-refractivity contribution in [2.45, 2.75) is 12.0 Å². The van der Waals surface area contributed by atoms with Crippen LogP contribution in [0.15, 0.2) is 62.2 Å². The smallest absolute Gasteiger partial charge is 0.0573 e. The molecule has 108 valence electrons. The highest BCUT2D eigenvalue weighted by atomic mass is 35.5. The molecule has 1 aromatic carbocycles. The Kier molecular flexibility index (Phi) is 6.73. The summed E-state index contributed by atoms with van der Waals surface area (Å²) in [5.41, 5.74) is 7.18. The molecule has 2 N–H and O–H groups in total. The number of rotatable bonds is 9. The van der Waals surface area contributed by atoms with Gasteiger partial charge in [0.25, 0.3) is 0 Å². The Morgan fingerprint density at radius 2 is 1.60 bits per heavy atom. The first-order valence-electron chi connectivity index (χ1n) is 6.65. The van der Waals surface area contributed by atoms with Crippen molar-refractivity contribution in [3.8, 4) is 0 Å². The fourth-order valence-electron chi connectivity index (χ4n) is 2.28. The van der Waals surface area contributed by atoms with Crippen molar-refractivity contribution in [3.63, 3.8) is 0 Å². The highest BCUT2D eigenvalue weighted by Gasteiger charge is 2.28. The van der Waals surface area contributed by atoms with Crippen LogP contribution in [0, 0.1) is 0 Å². The van der Waals surface area contributed by atoms with Crippen LogP contribution in [-0.2, 0) is 5.54 Å². The van der Waals surface area contributed by atoms with Crippen LogP contribution in [0.4, 0.5) is 0 Å². The number of benzene rings is 1. The molecule has 20 heavy (non-hydrogen) atoms. The monoisotopic (exact) mass is 290 g/mol. The summed E-state index contributed by atoms with van der Waals surface area (Å²) in [4.78, 5) is 2.21. The van der Waals surface area contributed by atoms with E-state index in [0.717, 1.165) is 18.7 Å². The van der Waals surface area contributed by atoms with Crippen molar-refractivity contribution < 1.29 is 0 Å². The fourth-order valence-corrected chi connectivity index (χ4v) is 2.41. The van der Waals surface area contributed by atoms with Crippen LogP contribution < -0.4 is 5.73 Å². The molecule has 1 aromatic rings. The van der Waals surface area contributed by atoms with Crippen LogP contribution in [0.3, 0.4) is 0 Å². The molecule has 0 saturated carbocycles. The lowest BCUT2D eigenvalue weighted by molar-refractivity contribution is 0.246. The van der Waals surface area contributed by atoms with Gasteiger partial charge in [-0.1, -0.05) is 42.0 Å². The summed E-state index contributed by atoms with van der Waals surface area (Å²) in [5.74, 6) is 0. The van der Waals surface area contributed by atoms with Gasteiger partial charge in [0.15, 0.2) is 0 Å². The third-order valence-electron chi connectivity index (χ3n) is 3.21. The Balaban J connectivity index is 2.99. The van der Waals surface area contributed by atoms with Gasteiger partial charge in [-0.2, -0.15) is 0 Å². The highest BCUT2D eigenvalue weighted by molar-refractivity contribution is 6.30. The highest BCUT2D eigenvalue weighted by Crippen LogP contribution is 2.25. The molecule has 0 fully saturated rings. The number of halogens is 1. The topological polar surface area (TPSA) is 29.3 Å². The van der Waals surface area contributed by atoms with Crippen molar-refractivity contribution in [2.75, 3.05) is 19.6 Å². The van der Waals surface area contributed by atoms with E-state index >= 15 is 0 Å². The largest absolute Gasteiger partial charge is 0.320 e. The molecule has 0 spiro atoms. The molecule has 2 nitrogen and oxygen atoms in total. The molecule has 1 unspecified atom stereocenters. The van der Waals surface area contributed by atoms with Crippen LogP contribution in [0.5, 0.6) is 0 Å². The maximum Gasteiger partial charge on any atom is 0.0573 e. The maximum atomic E-state index is 6.62. The third kappa shape index (κ3) is 4.64. The van der Waals surface area contributed by atoms with Gasteiger partial charge in [-0.15, -0.1) is 19.7 Å². The van der Waals surface area contributed by atoms with Gasteiger partial charge < -0.3 is 5.73 Å². The van der Waals surface area contributed by atoms with E-state index in [-0.39, 0.29) is 0 Å². The van der Waals surface area contributed by atoms with Gasteiger partial charge in [0.05, 0.1) is 5.54 Å². The Morgan fingerprint density at radius 1 is 1.05 bits per heavy atom.